The Labute approximate surface area is 252 Å². The fraction of sp³-hybridized carbons (Fsp3) is 0.452. The second kappa shape index (κ2) is 12.3. The summed E-state index contributed by atoms with van der Waals surface area (Å²) in [5, 5.41) is 12.7. The molecule has 3 aromatic rings. The Kier molecular flexibility index (Phi) is 8.77. The summed E-state index contributed by atoms with van der Waals surface area (Å²) in [4.78, 5) is 35.9. The lowest BCUT2D eigenvalue weighted by Gasteiger charge is -2.34. The second-order valence-corrected chi connectivity index (χ2v) is 12.7. The fourth-order valence-corrected chi connectivity index (χ4v) is 5.39. The summed E-state index contributed by atoms with van der Waals surface area (Å²) in [5.41, 5.74) is 5.06. The number of nitrogens with zero attached hydrogens (tertiary/aromatic N) is 5. The van der Waals surface area contributed by atoms with E-state index in [1.54, 1.807) is 39.0 Å². The number of rotatable bonds is 6. The van der Waals surface area contributed by atoms with Crippen LogP contribution < -0.4 is 15.5 Å². The molecule has 2 aliphatic rings. The Morgan fingerprint density at radius 2 is 1.86 bits per heavy atom. The van der Waals surface area contributed by atoms with Crippen LogP contribution in [0.25, 0.3) is 0 Å². The number of carbonyl (C=O) groups is 2. The number of amides is 2. The first-order valence-electron chi connectivity index (χ1n) is 14.4. The zero-order chi connectivity index (χ0) is 30.0. The number of halogens is 1. The van der Waals surface area contributed by atoms with Crippen molar-refractivity contribution in [2.24, 2.45) is 12.5 Å². The van der Waals surface area contributed by atoms with Gasteiger partial charge in [0.2, 0.25) is 0 Å². The van der Waals surface area contributed by atoms with E-state index in [4.69, 9.17) is 16.4 Å². The van der Waals surface area contributed by atoms with Crippen LogP contribution in [0, 0.1) is 12.3 Å². The van der Waals surface area contributed by atoms with Crippen molar-refractivity contribution in [3.63, 3.8) is 0 Å². The minimum absolute atomic E-state index is 0.180. The lowest BCUT2D eigenvalue weighted by Crippen LogP contribution is -2.48. The highest BCUT2D eigenvalue weighted by molar-refractivity contribution is 6.32. The van der Waals surface area contributed by atoms with E-state index < -0.39 is 6.09 Å². The number of benzene rings is 2. The molecule has 0 spiro atoms. The zero-order valence-corrected chi connectivity index (χ0v) is 25.8. The van der Waals surface area contributed by atoms with E-state index in [1.165, 1.54) is 0 Å². The number of aryl methyl sites for hydroxylation is 2. The Hall–Kier alpha value is -3.60. The van der Waals surface area contributed by atoms with Crippen LogP contribution in [0.2, 0.25) is 5.02 Å². The van der Waals surface area contributed by atoms with E-state index in [0.717, 1.165) is 54.4 Å². The van der Waals surface area contributed by atoms with Crippen LogP contribution in [0.4, 0.5) is 22.0 Å². The molecule has 2 amide bonds. The van der Waals surface area contributed by atoms with Gasteiger partial charge in [-0.25, -0.2) is 4.79 Å². The highest BCUT2D eigenvalue weighted by Gasteiger charge is 2.27. The summed E-state index contributed by atoms with van der Waals surface area (Å²) in [5.74, 6) is 0.673. The lowest BCUT2D eigenvalue weighted by atomic mass is 9.92. The first-order chi connectivity index (χ1) is 20.0. The van der Waals surface area contributed by atoms with Gasteiger partial charge in [-0.3, -0.25) is 9.48 Å². The third kappa shape index (κ3) is 7.06. The van der Waals surface area contributed by atoms with Gasteiger partial charge in [-0.15, -0.1) is 5.06 Å². The Morgan fingerprint density at radius 1 is 1.10 bits per heavy atom. The SMILES string of the molecule is Cc1ccc2c(c1)Nc1c(cnn1C)CN2C(=O)c1ccc(CNC(=O)ON2CCN(CCC(C)(C)C)CC2)c(Cl)c1. The minimum Gasteiger partial charge on any atom is -0.351 e. The molecule has 0 aliphatic carbocycles. The number of carbonyl (C=O) groups excluding carboxylic acids is 2. The van der Waals surface area contributed by atoms with Gasteiger partial charge in [0.15, 0.2) is 0 Å². The molecule has 11 heteroatoms. The summed E-state index contributed by atoms with van der Waals surface area (Å²) in [7, 11) is 1.87. The summed E-state index contributed by atoms with van der Waals surface area (Å²) in [6.45, 7) is 13.4. The summed E-state index contributed by atoms with van der Waals surface area (Å²) < 4.78 is 1.77. The monoisotopic (exact) mass is 593 g/mol. The first-order valence-corrected chi connectivity index (χ1v) is 14.8. The van der Waals surface area contributed by atoms with Gasteiger partial charge >= 0.3 is 6.09 Å². The van der Waals surface area contributed by atoms with Crippen LogP contribution in [-0.2, 0) is 25.0 Å². The molecular formula is C31H40ClN7O3. The van der Waals surface area contributed by atoms with Crippen LogP contribution in [-0.4, -0.2) is 64.5 Å². The Balaban J connectivity index is 1.19. The van der Waals surface area contributed by atoms with E-state index in [-0.39, 0.29) is 12.5 Å². The van der Waals surface area contributed by atoms with Gasteiger partial charge in [-0.2, -0.15) is 5.10 Å². The van der Waals surface area contributed by atoms with Crippen molar-refractivity contribution in [2.45, 2.75) is 47.2 Å². The standard InChI is InChI=1S/C31H40ClN7O3/c1-21-6-9-27-26(16-21)35-28-24(19-34-36(28)5)20-39(27)29(40)22-7-8-23(25(32)17-22)18-33-30(41)42-38-14-12-37(13-15-38)11-10-31(2,3)4/h6-9,16-17,19,35H,10-15,18,20H2,1-5H3,(H,33,41). The molecule has 0 saturated carbocycles. The van der Waals surface area contributed by atoms with Gasteiger partial charge in [-0.1, -0.05) is 44.5 Å². The first kappa shape index (κ1) is 29.9. The average Bonchev–Trinajstić information content (AvgIpc) is 3.19. The molecule has 2 aliphatic heterocycles. The van der Waals surface area contributed by atoms with Crippen LogP contribution in [0.15, 0.2) is 42.6 Å². The number of hydrogen-bond donors (Lipinski definition) is 2. The predicted molar refractivity (Wildman–Crippen MR) is 165 cm³/mol. The van der Waals surface area contributed by atoms with Gasteiger partial charge in [0, 0.05) is 55.9 Å². The highest BCUT2D eigenvalue weighted by Crippen LogP contribution is 2.37. The van der Waals surface area contributed by atoms with Gasteiger partial charge in [0.1, 0.15) is 5.82 Å². The molecule has 0 unspecified atom stereocenters. The topological polar surface area (TPSA) is 95.0 Å². The number of fused-ring (bicyclic) bond motifs is 2. The van der Waals surface area contributed by atoms with E-state index >= 15 is 0 Å². The van der Waals surface area contributed by atoms with E-state index in [1.807, 2.05) is 32.2 Å². The molecule has 2 aromatic carbocycles. The van der Waals surface area contributed by atoms with Crippen LogP contribution >= 0.6 is 11.6 Å². The quantitative estimate of drug-likeness (QED) is 0.391. The van der Waals surface area contributed by atoms with Crippen molar-refractivity contribution in [3.05, 3.63) is 69.9 Å². The van der Waals surface area contributed by atoms with Crippen LogP contribution in [0.5, 0.6) is 0 Å². The van der Waals surface area contributed by atoms with Crippen LogP contribution in [0.1, 0.15) is 54.2 Å². The molecule has 10 nitrogen and oxygen atoms in total. The van der Waals surface area contributed by atoms with Gasteiger partial charge < -0.3 is 25.3 Å². The van der Waals surface area contributed by atoms with Crippen molar-refractivity contribution in [2.75, 3.05) is 42.9 Å². The Morgan fingerprint density at radius 3 is 2.57 bits per heavy atom. The van der Waals surface area contributed by atoms with Crippen molar-refractivity contribution in [3.8, 4) is 0 Å². The molecule has 5 rings (SSSR count). The third-order valence-corrected chi connectivity index (χ3v) is 8.08. The summed E-state index contributed by atoms with van der Waals surface area (Å²) >= 11 is 6.60. The fourth-order valence-electron chi connectivity index (χ4n) is 5.14. The molecule has 3 heterocycles. The maximum absolute atomic E-state index is 13.8. The number of anilines is 3. The van der Waals surface area contributed by atoms with E-state index in [2.05, 4.69) is 41.4 Å². The van der Waals surface area contributed by atoms with E-state index in [9.17, 15) is 9.59 Å². The van der Waals surface area contributed by atoms with Gasteiger partial charge in [-0.05, 0) is 60.7 Å². The normalized spacial score (nSPS) is 15.8. The molecule has 0 bridgehead atoms. The molecule has 224 valence electrons. The highest BCUT2D eigenvalue weighted by atomic mass is 35.5. The molecule has 0 atom stereocenters. The van der Waals surface area contributed by atoms with Crippen molar-refractivity contribution in [1.82, 2.24) is 25.1 Å². The molecule has 42 heavy (non-hydrogen) atoms. The van der Waals surface area contributed by atoms with Crippen molar-refractivity contribution >= 4 is 40.8 Å². The number of aromatic nitrogens is 2. The number of nitrogens with one attached hydrogen (secondary N) is 2. The van der Waals surface area contributed by atoms with Gasteiger partial charge in [0.25, 0.3) is 5.91 Å². The summed E-state index contributed by atoms with van der Waals surface area (Å²) in [6.07, 6.45) is 2.38. The molecular weight excluding hydrogens is 554 g/mol. The average molecular weight is 594 g/mol. The third-order valence-electron chi connectivity index (χ3n) is 7.73. The molecule has 1 saturated heterocycles. The summed E-state index contributed by atoms with van der Waals surface area (Å²) in [6, 6.07) is 11.1. The smallest absolute Gasteiger partial charge is 0.351 e. The van der Waals surface area contributed by atoms with Crippen molar-refractivity contribution in [1.29, 1.82) is 0 Å². The molecule has 1 fully saturated rings. The lowest BCUT2D eigenvalue weighted by molar-refractivity contribution is -0.123. The largest absolute Gasteiger partial charge is 0.426 e. The molecule has 2 N–H and O–H groups in total. The molecule has 1 aromatic heterocycles. The maximum Gasteiger partial charge on any atom is 0.426 e. The minimum atomic E-state index is -0.523. The number of piperazine rings is 1. The predicted octanol–water partition coefficient (Wildman–Crippen LogP) is 5.48. The van der Waals surface area contributed by atoms with Crippen molar-refractivity contribution < 1.29 is 14.4 Å². The molecule has 0 radical (unpaired) electrons. The zero-order valence-electron chi connectivity index (χ0n) is 25.0. The van der Waals surface area contributed by atoms with E-state index in [0.29, 0.717) is 41.2 Å². The number of hydrogen-bond acceptors (Lipinski definition) is 7. The van der Waals surface area contributed by atoms with Crippen LogP contribution in [0.3, 0.4) is 0 Å². The second-order valence-electron chi connectivity index (χ2n) is 12.3. The number of hydroxylamine groups is 2. The maximum atomic E-state index is 13.8. The van der Waals surface area contributed by atoms with Gasteiger partial charge in [0.05, 0.1) is 24.1 Å². The Bertz CT molecular complexity index is 1460.